The van der Waals surface area contributed by atoms with Gasteiger partial charge in [0.15, 0.2) is 16.7 Å². The first kappa shape index (κ1) is 12.3. The molecule has 1 atom stereocenters. The first-order chi connectivity index (χ1) is 9.36. The van der Waals surface area contributed by atoms with Gasteiger partial charge in [0.2, 0.25) is 6.79 Å². The average Bonchev–Trinajstić information content (AvgIpc) is 3.09. The van der Waals surface area contributed by atoms with Crippen molar-refractivity contribution in [2.75, 3.05) is 19.6 Å². The zero-order valence-corrected chi connectivity index (χ0v) is 11.2. The van der Waals surface area contributed by atoms with E-state index in [0.29, 0.717) is 6.79 Å². The number of H-pyrrole nitrogens is 1. The van der Waals surface area contributed by atoms with Gasteiger partial charge in [0.1, 0.15) is 6.33 Å². The van der Waals surface area contributed by atoms with E-state index in [0.717, 1.165) is 22.4 Å². The van der Waals surface area contributed by atoms with E-state index in [1.807, 2.05) is 19.2 Å². The normalized spacial score (nSPS) is 14.6. The van der Waals surface area contributed by atoms with Gasteiger partial charge >= 0.3 is 0 Å². The fraction of sp³-hybridized carbons (Fsp3) is 0.333. The van der Waals surface area contributed by atoms with E-state index in [9.17, 15) is 0 Å². The number of thioether (sulfide) groups is 1. The van der Waals surface area contributed by atoms with Crippen LogP contribution in [0.2, 0.25) is 0 Å². The standard InChI is InChI=1S/C12H14N4O2S/c1-13-9(5-19-12-14-6-15-16-12)8-2-3-10-11(4-8)18-7-17-10/h2-4,6,9,13H,5,7H2,1H3,(H,14,15,16). The van der Waals surface area contributed by atoms with Crippen LogP contribution in [0.5, 0.6) is 11.5 Å². The number of nitrogens with zero attached hydrogens (tertiary/aromatic N) is 2. The number of aromatic nitrogens is 3. The second-order valence-corrected chi connectivity index (χ2v) is 5.06. The summed E-state index contributed by atoms with van der Waals surface area (Å²) in [6, 6.07) is 6.23. The zero-order chi connectivity index (χ0) is 13.1. The lowest BCUT2D eigenvalue weighted by molar-refractivity contribution is 0.174. The molecule has 6 nitrogen and oxygen atoms in total. The summed E-state index contributed by atoms with van der Waals surface area (Å²) in [5.74, 6) is 2.47. The Bertz CT molecular complexity index is 547. The summed E-state index contributed by atoms with van der Waals surface area (Å²) in [5, 5.41) is 10.8. The highest BCUT2D eigenvalue weighted by molar-refractivity contribution is 7.99. The lowest BCUT2D eigenvalue weighted by Crippen LogP contribution is -2.18. The lowest BCUT2D eigenvalue weighted by Gasteiger charge is -2.15. The van der Waals surface area contributed by atoms with Crippen LogP contribution < -0.4 is 14.8 Å². The van der Waals surface area contributed by atoms with Crippen molar-refractivity contribution >= 4 is 11.8 Å². The monoisotopic (exact) mass is 278 g/mol. The van der Waals surface area contributed by atoms with Crippen molar-refractivity contribution in [1.82, 2.24) is 20.5 Å². The van der Waals surface area contributed by atoms with Gasteiger partial charge in [0, 0.05) is 11.8 Å². The van der Waals surface area contributed by atoms with E-state index in [1.54, 1.807) is 11.8 Å². The Morgan fingerprint density at radius 2 is 2.32 bits per heavy atom. The largest absolute Gasteiger partial charge is 0.454 e. The van der Waals surface area contributed by atoms with Crippen molar-refractivity contribution in [3.8, 4) is 11.5 Å². The number of aromatic amines is 1. The van der Waals surface area contributed by atoms with Gasteiger partial charge in [-0.25, -0.2) is 4.98 Å². The van der Waals surface area contributed by atoms with Gasteiger partial charge in [-0.05, 0) is 24.7 Å². The Balaban J connectivity index is 1.71. The highest BCUT2D eigenvalue weighted by Gasteiger charge is 2.17. The fourth-order valence-electron chi connectivity index (χ4n) is 1.90. The van der Waals surface area contributed by atoms with Crippen molar-refractivity contribution in [2.24, 2.45) is 0 Å². The van der Waals surface area contributed by atoms with Crippen LogP contribution in [0.1, 0.15) is 11.6 Å². The molecule has 1 aromatic carbocycles. The molecule has 0 bridgehead atoms. The van der Waals surface area contributed by atoms with Crippen molar-refractivity contribution in [1.29, 1.82) is 0 Å². The SMILES string of the molecule is CNC(CSc1ncn[nH]1)c1ccc2c(c1)OCO2. The molecule has 100 valence electrons. The molecule has 2 aromatic rings. The van der Waals surface area contributed by atoms with E-state index in [1.165, 1.54) is 11.9 Å². The molecular weight excluding hydrogens is 264 g/mol. The number of hydrogen-bond donors (Lipinski definition) is 2. The molecule has 2 N–H and O–H groups in total. The average molecular weight is 278 g/mol. The highest BCUT2D eigenvalue weighted by atomic mass is 32.2. The minimum atomic E-state index is 0.213. The van der Waals surface area contributed by atoms with Crippen molar-refractivity contribution in [2.45, 2.75) is 11.2 Å². The second kappa shape index (κ2) is 5.50. The Morgan fingerprint density at radius 1 is 1.42 bits per heavy atom. The van der Waals surface area contributed by atoms with E-state index < -0.39 is 0 Å². The fourth-order valence-corrected chi connectivity index (χ4v) is 2.82. The van der Waals surface area contributed by atoms with Gasteiger partial charge in [0.25, 0.3) is 0 Å². The van der Waals surface area contributed by atoms with Crippen LogP contribution in [0.3, 0.4) is 0 Å². The molecule has 19 heavy (non-hydrogen) atoms. The molecule has 1 unspecified atom stereocenters. The summed E-state index contributed by atoms with van der Waals surface area (Å²) in [6.45, 7) is 0.301. The second-order valence-electron chi connectivity index (χ2n) is 4.06. The third-order valence-electron chi connectivity index (χ3n) is 2.93. The van der Waals surface area contributed by atoms with E-state index >= 15 is 0 Å². The van der Waals surface area contributed by atoms with Gasteiger partial charge in [-0.3, -0.25) is 5.10 Å². The van der Waals surface area contributed by atoms with Crippen molar-refractivity contribution in [3.63, 3.8) is 0 Å². The van der Waals surface area contributed by atoms with Gasteiger partial charge < -0.3 is 14.8 Å². The van der Waals surface area contributed by atoms with Crippen LogP contribution in [-0.4, -0.2) is 34.8 Å². The molecule has 0 aliphatic carbocycles. The smallest absolute Gasteiger partial charge is 0.231 e. The van der Waals surface area contributed by atoms with Crippen LogP contribution in [0.15, 0.2) is 29.7 Å². The predicted molar refractivity (Wildman–Crippen MR) is 71.5 cm³/mol. The minimum absolute atomic E-state index is 0.213. The molecule has 0 spiro atoms. The molecule has 0 fully saturated rings. The molecular formula is C12H14N4O2S. The Kier molecular flexibility index (Phi) is 3.56. The predicted octanol–water partition coefficient (Wildman–Crippen LogP) is 1.59. The summed E-state index contributed by atoms with van der Waals surface area (Å²) < 4.78 is 10.7. The lowest BCUT2D eigenvalue weighted by atomic mass is 10.1. The summed E-state index contributed by atoms with van der Waals surface area (Å²) in [5.41, 5.74) is 1.17. The van der Waals surface area contributed by atoms with Gasteiger partial charge in [-0.15, -0.1) is 0 Å². The number of benzene rings is 1. The number of hydrogen-bond acceptors (Lipinski definition) is 6. The number of fused-ring (bicyclic) bond motifs is 1. The molecule has 1 aromatic heterocycles. The van der Waals surface area contributed by atoms with E-state index in [-0.39, 0.29) is 6.04 Å². The number of ether oxygens (including phenoxy) is 2. The van der Waals surface area contributed by atoms with Crippen molar-refractivity contribution < 1.29 is 9.47 Å². The molecule has 0 saturated heterocycles. The van der Waals surface area contributed by atoms with Crippen LogP contribution in [0.4, 0.5) is 0 Å². The molecule has 1 aliphatic rings. The molecule has 1 aliphatic heterocycles. The summed E-state index contributed by atoms with van der Waals surface area (Å²) in [6.07, 6.45) is 1.51. The molecule has 3 rings (SSSR count). The number of nitrogens with one attached hydrogen (secondary N) is 2. The third-order valence-corrected chi connectivity index (χ3v) is 3.90. The maximum atomic E-state index is 5.40. The van der Waals surface area contributed by atoms with Gasteiger partial charge in [-0.1, -0.05) is 17.8 Å². The van der Waals surface area contributed by atoms with Gasteiger partial charge in [-0.2, -0.15) is 5.10 Å². The Hall–Kier alpha value is -1.73. The maximum absolute atomic E-state index is 5.40. The van der Waals surface area contributed by atoms with E-state index in [4.69, 9.17) is 9.47 Å². The molecule has 0 amide bonds. The zero-order valence-electron chi connectivity index (χ0n) is 10.4. The third kappa shape index (κ3) is 2.66. The molecule has 7 heteroatoms. The molecule has 0 saturated carbocycles. The quantitative estimate of drug-likeness (QED) is 0.809. The van der Waals surface area contributed by atoms with Gasteiger partial charge in [0.05, 0.1) is 0 Å². The Labute approximate surface area is 114 Å². The molecule has 0 radical (unpaired) electrons. The van der Waals surface area contributed by atoms with Crippen LogP contribution in [0, 0.1) is 0 Å². The van der Waals surface area contributed by atoms with Crippen LogP contribution >= 0.6 is 11.8 Å². The molecule has 2 heterocycles. The highest BCUT2D eigenvalue weighted by Crippen LogP contribution is 2.35. The van der Waals surface area contributed by atoms with E-state index in [2.05, 4.69) is 26.6 Å². The number of rotatable bonds is 5. The summed E-state index contributed by atoms with van der Waals surface area (Å²) in [7, 11) is 1.94. The maximum Gasteiger partial charge on any atom is 0.231 e. The first-order valence-corrected chi connectivity index (χ1v) is 6.90. The van der Waals surface area contributed by atoms with Crippen LogP contribution in [0.25, 0.3) is 0 Å². The van der Waals surface area contributed by atoms with Crippen molar-refractivity contribution in [3.05, 3.63) is 30.1 Å². The minimum Gasteiger partial charge on any atom is -0.454 e. The summed E-state index contributed by atoms with van der Waals surface area (Å²) >= 11 is 1.62. The first-order valence-electron chi connectivity index (χ1n) is 5.92. The van der Waals surface area contributed by atoms with Crippen LogP contribution in [-0.2, 0) is 0 Å². The topological polar surface area (TPSA) is 72.1 Å². The Morgan fingerprint density at radius 3 is 3.11 bits per heavy atom. The summed E-state index contributed by atoms with van der Waals surface area (Å²) in [4.78, 5) is 4.10.